The van der Waals surface area contributed by atoms with Gasteiger partial charge in [-0.2, -0.15) is 0 Å². The molecule has 25 heavy (non-hydrogen) atoms. The molecule has 0 bridgehead atoms. The minimum absolute atomic E-state index is 0.0404. The number of aryl methyl sites for hydroxylation is 2. The third-order valence-electron chi connectivity index (χ3n) is 4.57. The molecule has 1 aromatic heterocycles. The summed E-state index contributed by atoms with van der Waals surface area (Å²) < 4.78 is 0. The lowest BCUT2D eigenvalue weighted by molar-refractivity contribution is 0.177. The summed E-state index contributed by atoms with van der Waals surface area (Å²) in [4.78, 5) is 23.1. The molecule has 6 heteroatoms. The van der Waals surface area contributed by atoms with Crippen molar-refractivity contribution in [2.45, 2.75) is 38.6 Å². The number of nitrogens with zero attached hydrogens (tertiary/aromatic N) is 3. The van der Waals surface area contributed by atoms with E-state index in [1.165, 1.54) is 11.1 Å². The Bertz CT molecular complexity index is 718. The Balaban J connectivity index is 1.77. The molecule has 2 N–H and O–H groups in total. The average Bonchev–Trinajstić information content (AvgIpc) is 3.07. The van der Waals surface area contributed by atoms with Crippen LogP contribution in [-0.2, 0) is 12.8 Å². The highest BCUT2D eigenvalue weighted by Gasteiger charge is 2.30. The Morgan fingerprint density at radius 1 is 1.32 bits per heavy atom. The summed E-state index contributed by atoms with van der Waals surface area (Å²) in [5.74, 6) is 0.750. The van der Waals surface area contributed by atoms with Gasteiger partial charge in [-0.25, -0.2) is 14.8 Å². The van der Waals surface area contributed by atoms with Gasteiger partial charge in [-0.3, -0.25) is 0 Å². The topological polar surface area (TPSA) is 78.4 Å². The van der Waals surface area contributed by atoms with Crippen LogP contribution >= 0.6 is 0 Å². The second-order valence-electron chi connectivity index (χ2n) is 6.20. The van der Waals surface area contributed by atoms with E-state index < -0.39 is 0 Å². The zero-order valence-electron chi connectivity index (χ0n) is 14.5. The number of hydrogen-bond acceptors (Lipinski definition) is 4. The molecule has 132 valence electrons. The largest absolute Gasteiger partial charge is 0.396 e. The Hall–Kier alpha value is -2.47. The molecule has 1 heterocycles. The molecule has 0 fully saturated rings. The molecule has 0 saturated carbocycles. The van der Waals surface area contributed by atoms with Crippen LogP contribution in [0.3, 0.4) is 0 Å². The van der Waals surface area contributed by atoms with E-state index in [1.807, 2.05) is 24.0 Å². The van der Waals surface area contributed by atoms with E-state index in [0.29, 0.717) is 18.7 Å². The van der Waals surface area contributed by atoms with Crippen molar-refractivity contribution in [2.24, 2.45) is 0 Å². The molecule has 6 nitrogen and oxygen atoms in total. The number of hydrogen-bond donors (Lipinski definition) is 2. The highest BCUT2D eigenvalue weighted by Crippen LogP contribution is 2.36. The summed E-state index contributed by atoms with van der Waals surface area (Å²) in [6, 6.07) is 8.12. The predicted molar refractivity (Wildman–Crippen MR) is 96.3 cm³/mol. The number of aromatic nitrogens is 2. The Kier molecular flexibility index (Phi) is 5.60. The van der Waals surface area contributed by atoms with E-state index in [0.717, 1.165) is 25.1 Å². The first-order chi connectivity index (χ1) is 12.2. The molecule has 3 rings (SSSR count). The van der Waals surface area contributed by atoms with Crippen LogP contribution in [0.4, 0.5) is 10.5 Å². The Morgan fingerprint density at radius 3 is 2.80 bits per heavy atom. The van der Waals surface area contributed by atoms with Crippen LogP contribution in [0.2, 0.25) is 0 Å². The maximum atomic E-state index is 12.8. The number of anilines is 1. The van der Waals surface area contributed by atoms with Gasteiger partial charge in [0.15, 0.2) is 0 Å². The van der Waals surface area contributed by atoms with Crippen molar-refractivity contribution < 1.29 is 9.90 Å². The van der Waals surface area contributed by atoms with E-state index >= 15 is 0 Å². The lowest BCUT2D eigenvalue weighted by Crippen LogP contribution is -2.38. The summed E-state index contributed by atoms with van der Waals surface area (Å²) in [6.45, 7) is 2.56. The maximum absolute atomic E-state index is 12.8. The highest BCUT2D eigenvalue weighted by atomic mass is 16.3. The minimum atomic E-state index is -0.178. The van der Waals surface area contributed by atoms with Crippen LogP contribution in [0.15, 0.2) is 36.7 Å². The lowest BCUT2D eigenvalue weighted by atomic mass is 10.1. The van der Waals surface area contributed by atoms with Gasteiger partial charge in [-0.15, -0.1) is 0 Å². The number of benzene rings is 1. The molecule has 1 aliphatic carbocycles. The van der Waals surface area contributed by atoms with Gasteiger partial charge in [-0.1, -0.05) is 31.2 Å². The van der Waals surface area contributed by atoms with Crippen LogP contribution in [0.1, 0.15) is 42.8 Å². The van der Waals surface area contributed by atoms with Crippen molar-refractivity contribution in [3.05, 3.63) is 53.6 Å². The van der Waals surface area contributed by atoms with Gasteiger partial charge in [0.05, 0.1) is 24.1 Å². The van der Waals surface area contributed by atoms with Crippen LogP contribution in [0.5, 0.6) is 0 Å². The van der Waals surface area contributed by atoms with Crippen LogP contribution in [0, 0.1) is 0 Å². The van der Waals surface area contributed by atoms with Crippen LogP contribution < -0.4 is 5.32 Å². The average molecular weight is 340 g/mol. The number of aliphatic hydroxyl groups excluding tert-OH is 1. The third kappa shape index (κ3) is 3.96. The third-order valence-corrected chi connectivity index (χ3v) is 4.57. The fourth-order valence-corrected chi connectivity index (χ4v) is 3.30. The van der Waals surface area contributed by atoms with Gasteiger partial charge in [0.25, 0.3) is 0 Å². The number of fused-ring (bicyclic) bond motifs is 1. The van der Waals surface area contributed by atoms with Crippen molar-refractivity contribution >= 4 is 11.7 Å². The van der Waals surface area contributed by atoms with E-state index in [-0.39, 0.29) is 18.7 Å². The standard InChI is InChI=1S/C19H24N4O2/c1-2-18-20-12-15(13-21-18)22-19(25)23(10-5-11-24)17-9-8-14-6-3-4-7-16(14)17/h3-4,6-7,12-13,17,24H,2,5,8-11H2,1H3,(H,22,25). The minimum Gasteiger partial charge on any atom is -0.396 e. The number of carbonyl (C=O) groups is 1. The fraction of sp³-hybridized carbons (Fsp3) is 0.421. The van der Waals surface area contributed by atoms with E-state index in [1.54, 1.807) is 12.4 Å². The zero-order valence-corrected chi connectivity index (χ0v) is 14.5. The summed E-state index contributed by atoms with van der Waals surface area (Å²) in [5, 5.41) is 12.1. The molecule has 2 amide bonds. The summed E-state index contributed by atoms with van der Waals surface area (Å²) in [6.07, 6.45) is 6.46. The summed E-state index contributed by atoms with van der Waals surface area (Å²) in [7, 11) is 0. The fourth-order valence-electron chi connectivity index (χ4n) is 3.30. The number of rotatable bonds is 6. The molecule has 2 aromatic rings. The van der Waals surface area contributed by atoms with Gasteiger partial charge in [0.2, 0.25) is 0 Å². The quantitative estimate of drug-likeness (QED) is 0.847. The van der Waals surface area contributed by atoms with Gasteiger partial charge in [0.1, 0.15) is 5.82 Å². The normalized spacial score (nSPS) is 15.7. The van der Waals surface area contributed by atoms with Crippen molar-refractivity contribution in [1.29, 1.82) is 0 Å². The first-order valence-electron chi connectivity index (χ1n) is 8.80. The molecule has 1 atom stereocenters. The van der Waals surface area contributed by atoms with Crippen LogP contribution in [-0.4, -0.2) is 39.2 Å². The zero-order chi connectivity index (χ0) is 17.6. The smallest absolute Gasteiger partial charge is 0.322 e. The second kappa shape index (κ2) is 8.07. The second-order valence-corrected chi connectivity index (χ2v) is 6.20. The maximum Gasteiger partial charge on any atom is 0.322 e. The molecular formula is C19H24N4O2. The van der Waals surface area contributed by atoms with E-state index in [9.17, 15) is 9.90 Å². The monoisotopic (exact) mass is 340 g/mol. The summed E-state index contributed by atoms with van der Waals surface area (Å²) in [5.41, 5.74) is 3.08. The molecule has 0 spiro atoms. The molecule has 0 radical (unpaired) electrons. The number of urea groups is 1. The molecule has 1 aliphatic rings. The van der Waals surface area contributed by atoms with Crippen molar-refractivity contribution in [3.8, 4) is 0 Å². The highest BCUT2D eigenvalue weighted by molar-refractivity contribution is 5.89. The number of carbonyl (C=O) groups excluding carboxylic acids is 1. The number of nitrogens with one attached hydrogen (secondary N) is 1. The number of aliphatic hydroxyl groups is 1. The SMILES string of the molecule is CCc1ncc(NC(=O)N(CCCO)C2CCc3ccccc32)cn1. The van der Waals surface area contributed by atoms with E-state index in [4.69, 9.17) is 0 Å². The van der Waals surface area contributed by atoms with Gasteiger partial charge < -0.3 is 15.3 Å². The van der Waals surface area contributed by atoms with Crippen molar-refractivity contribution in [3.63, 3.8) is 0 Å². The molecule has 0 saturated heterocycles. The van der Waals surface area contributed by atoms with Crippen molar-refractivity contribution in [1.82, 2.24) is 14.9 Å². The van der Waals surface area contributed by atoms with E-state index in [2.05, 4.69) is 27.4 Å². The first kappa shape index (κ1) is 17.4. The predicted octanol–water partition coefficient (Wildman–Crippen LogP) is 2.94. The molecular weight excluding hydrogens is 316 g/mol. The molecule has 1 unspecified atom stereocenters. The molecule has 0 aliphatic heterocycles. The molecule has 1 aromatic carbocycles. The van der Waals surface area contributed by atoms with Gasteiger partial charge >= 0.3 is 6.03 Å². The number of amides is 2. The van der Waals surface area contributed by atoms with Crippen LogP contribution in [0.25, 0.3) is 0 Å². The first-order valence-corrected chi connectivity index (χ1v) is 8.80. The lowest BCUT2D eigenvalue weighted by Gasteiger charge is -2.29. The van der Waals surface area contributed by atoms with Gasteiger partial charge in [-0.05, 0) is 30.4 Å². The Morgan fingerprint density at radius 2 is 2.08 bits per heavy atom. The summed E-state index contributed by atoms with van der Waals surface area (Å²) >= 11 is 0. The Labute approximate surface area is 147 Å². The van der Waals surface area contributed by atoms with Crippen molar-refractivity contribution in [2.75, 3.05) is 18.5 Å². The van der Waals surface area contributed by atoms with Gasteiger partial charge in [0, 0.05) is 19.6 Å².